The number of Topliss-reactive ketones (excluding diaryl/α,β-unsaturated/α-hetero) is 1. The third kappa shape index (κ3) is 3.98. The second-order valence-corrected chi connectivity index (χ2v) is 8.21. The number of hydrogen-bond acceptors (Lipinski definition) is 4. The summed E-state index contributed by atoms with van der Waals surface area (Å²) in [6.07, 6.45) is 4.68. The predicted molar refractivity (Wildman–Crippen MR) is 102 cm³/mol. The maximum Gasteiger partial charge on any atom is 0.274 e. The van der Waals surface area contributed by atoms with E-state index >= 15 is 0 Å². The Morgan fingerprint density at radius 3 is 2.68 bits per heavy atom. The summed E-state index contributed by atoms with van der Waals surface area (Å²) in [5, 5.41) is 2.97. The molecule has 1 N–H and O–H groups in total. The van der Waals surface area contributed by atoms with E-state index in [-0.39, 0.29) is 23.9 Å². The van der Waals surface area contributed by atoms with Crippen molar-refractivity contribution in [2.24, 2.45) is 5.92 Å². The number of nitrogens with one attached hydrogen (secondary N) is 1. The lowest BCUT2D eigenvalue weighted by atomic mass is 10.1. The number of carbonyl (C=O) groups excluding carboxylic acids is 2. The first-order valence-corrected chi connectivity index (χ1v) is 9.71. The molecule has 2 heterocycles. The average molecular weight is 422 g/mol. The molecular weight excluding hydrogens is 408 g/mol. The van der Waals surface area contributed by atoms with Gasteiger partial charge in [-0.05, 0) is 36.6 Å². The van der Waals surface area contributed by atoms with E-state index in [0.29, 0.717) is 20.6 Å². The molecule has 5 nitrogen and oxygen atoms in total. The van der Waals surface area contributed by atoms with Crippen LogP contribution in [0.4, 0.5) is 13.9 Å². The minimum absolute atomic E-state index is 0.00667. The van der Waals surface area contributed by atoms with E-state index in [1.807, 2.05) is 0 Å². The quantitative estimate of drug-likeness (QED) is 0.583. The van der Waals surface area contributed by atoms with Crippen LogP contribution in [0.25, 0.3) is 0 Å². The maximum atomic E-state index is 13.5. The fraction of sp³-hybridized carbons (Fsp3) is 0.211. The van der Waals surface area contributed by atoms with Gasteiger partial charge in [0.15, 0.2) is 22.5 Å². The molecule has 28 heavy (non-hydrogen) atoms. The van der Waals surface area contributed by atoms with Crippen molar-refractivity contribution in [3.05, 3.63) is 69.5 Å². The van der Waals surface area contributed by atoms with Crippen LogP contribution in [0.2, 0.25) is 4.34 Å². The number of nitrogens with zero attached hydrogens (tertiary/aromatic N) is 2. The van der Waals surface area contributed by atoms with E-state index in [1.54, 1.807) is 10.8 Å². The molecule has 0 bridgehead atoms. The van der Waals surface area contributed by atoms with E-state index in [9.17, 15) is 18.4 Å². The molecule has 0 radical (unpaired) electrons. The Kier molecular flexibility index (Phi) is 4.99. The maximum absolute atomic E-state index is 13.5. The van der Waals surface area contributed by atoms with Gasteiger partial charge in [-0.25, -0.2) is 13.8 Å². The smallest absolute Gasteiger partial charge is 0.274 e. The first kappa shape index (κ1) is 18.8. The van der Waals surface area contributed by atoms with Gasteiger partial charge in [0.05, 0.1) is 6.20 Å². The largest absolute Gasteiger partial charge is 0.338 e. The molecule has 1 saturated carbocycles. The van der Waals surface area contributed by atoms with Crippen LogP contribution in [0.15, 0.2) is 36.7 Å². The second-order valence-electron chi connectivity index (χ2n) is 6.55. The summed E-state index contributed by atoms with van der Waals surface area (Å²) in [6, 6.07) is 5.05. The molecule has 2 aromatic heterocycles. The van der Waals surface area contributed by atoms with Crippen molar-refractivity contribution >= 4 is 39.8 Å². The number of anilines is 1. The minimum Gasteiger partial charge on any atom is -0.338 e. The first-order valence-electron chi connectivity index (χ1n) is 8.51. The predicted octanol–water partition coefficient (Wildman–Crippen LogP) is 4.77. The highest BCUT2D eigenvalue weighted by Gasteiger charge is 2.32. The van der Waals surface area contributed by atoms with Gasteiger partial charge in [0.1, 0.15) is 10.0 Å². The third-order valence-electron chi connectivity index (χ3n) is 4.40. The monoisotopic (exact) mass is 421 g/mol. The van der Waals surface area contributed by atoms with Crippen molar-refractivity contribution in [1.29, 1.82) is 0 Å². The molecular formula is C19H14ClF2N3O2S. The summed E-state index contributed by atoms with van der Waals surface area (Å²) in [4.78, 5) is 29.1. The molecule has 0 aliphatic heterocycles. The van der Waals surface area contributed by atoms with Crippen molar-refractivity contribution in [3.63, 3.8) is 0 Å². The zero-order valence-electron chi connectivity index (χ0n) is 14.4. The van der Waals surface area contributed by atoms with Crippen LogP contribution in [-0.4, -0.2) is 21.2 Å². The molecule has 9 heteroatoms. The van der Waals surface area contributed by atoms with Gasteiger partial charge < -0.3 is 4.57 Å². The third-order valence-corrected chi connectivity index (χ3v) is 5.43. The van der Waals surface area contributed by atoms with Crippen LogP contribution in [0.3, 0.4) is 0 Å². The fourth-order valence-electron chi connectivity index (χ4n) is 2.86. The molecule has 1 aliphatic rings. The lowest BCUT2D eigenvalue weighted by Gasteiger charge is -2.09. The van der Waals surface area contributed by atoms with Crippen LogP contribution < -0.4 is 5.32 Å². The van der Waals surface area contributed by atoms with Crippen molar-refractivity contribution in [2.45, 2.75) is 19.4 Å². The van der Waals surface area contributed by atoms with E-state index in [1.165, 1.54) is 18.3 Å². The number of rotatable bonds is 6. The fourth-order valence-corrected chi connectivity index (χ4v) is 3.66. The first-order chi connectivity index (χ1) is 13.4. The van der Waals surface area contributed by atoms with Crippen molar-refractivity contribution < 1.29 is 18.4 Å². The lowest BCUT2D eigenvalue weighted by molar-refractivity contribution is 0.0967. The van der Waals surface area contributed by atoms with Crippen LogP contribution >= 0.6 is 22.9 Å². The average Bonchev–Trinajstić information content (AvgIpc) is 3.30. The number of benzene rings is 1. The Morgan fingerprint density at radius 2 is 2.04 bits per heavy atom. The summed E-state index contributed by atoms with van der Waals surface area (Å²) in [7, 11) is 0. The molecule has 0 atom stereocenters. The molecule has 0 saturated heterocycles. The van der Waals surface area contributed by atoms with Crippen molar-refractivity contribution in [3.8, 4) is 0 Å². The standard InChI is InChI=1S/C19H14ClF2N3O2S/c20-16-7-23-19(28-16)24-18(27)15-6-12(17(26)11-2-3-11)9-25(15)8-10-1-4-13(21)14(22)5-10/h1,4-7,9,11H,2-3,8H2,(H,23,24,27). The van der Waals surface area contributed by atoms with Crippen LogP contribution in [0.1, 0.15) is 39.3 Å². The Bertz CT molecular complexity index is 1080. The Morgan fingerprint density at radius 1 is 1.25 bits per heavy atom. The number of ketones is 1. The summed E-state index contributed by atoms with van der Waals surface area (Å²) in [5.74, 6) is -2.41. The highest BCUT2D eigenvalue weighted by Crippen LogP contribution is 2.33. The van der Waals surface area contributed by atoms with Gasteiger partial charge >= 0.3 is 0 Å². The van der Waals surface area contributed by atoms with Crippen molar-refractivity contribution in [1.82, 2.24) is 9.55 Å². The van der Waals surface area contributed by atoms with Gasteiger partial charge in [-0.2, -0.15) is 0 Å². The summed E-state index contributed by atoms with van der Waals surface area (Å²) in [5.41, 5.74) is 1.11. The zero-order valence-corrected chi connectivity index (χ0v) is 16.0. The summed E-state index contributed by atoms with van der Waals surface area (Å²) < 4.78 is 28.7. The number of thiazole rings is 1. The molecule has 144 valence electrons. The molecule has 0 spiro atoms. The van der Waals surface area contributed by atoms with Crippen LogP contribution in [-0.2, 0) is 6.54 Å². The summed E-state index contributed by atoms with van der Waals surface area (Å²) in [6.45, 7) is 0.108. The highest BCUT2D eigenvalue weighted by molar-refractivity contribution is 7.19. The topological polar surface area (TPSA) is 64.0 Å². The normalized spacial score (nSPS) is 13.5. The Labute approximate surface area is 168 Å². The van der Waals surface area contributed by atoms with Gasteiger partial charge in [-0.15, -0.1) is 0 Å². The number of halogens is 3. The molecule has 1 amide bonds. The van der Waals surface area contributed by atoms with E-state index in [2.05, 4.69) is 10.3 Å². The molecule has 1 fully saturated rings. The number of aromatic nitrogens is 2. The Hall–Kier alpha value is -2.58. The van der Waals surface area contributed by atoms with E-state index < -0.39 is 17.5 Å². The Balaban J connectivity index is 1.65. The molecule has 0 unspecified atom stereocenters. The lowest BCUT2D eigenvalue weighted by Crippen LogP contribution is -2.17. The van der Waals surface area contributed by atoms with Gasteiger partial charge in [0.25, 0.3) is 5.91 Å². The van der Waals surface area contributed by atoms with Gasteiger partial charge in [-0.1, -0.05) is 29.0 Å². The highest BCUT2D eigenvalue weighted by atomic mass is 35.5. The number of hydrogen-bond donors (Lipinski definition) is 1. The molecule has 1 aromatic carbocycles. The second kappa shape index (κ2) is 7.44. The zero-order chi connectivity index (χ0) is 19.8. The molecule has 4 rings (SSSR count). The van der Waals surface area contributed by atoms with Gasteiger partial charge in [-0.3, -0.25) is 14.9 Å². The molecule has 3 aromatic rings. The van der Waals surface area contributed by atoms with Crippen LogP contribution in [0.5, 0.6) is 0 Å². The number of amides is 1. The van der Waals surface area contributed by atoms with E-state index in [0.717, 1.165) is 36.3 Å². The molecule has 1 aliphatic carbocycles. The van der Waals surface area contributed by atoms with Gasteiger partial charge in [0.2, 0.25) is 0 Å². The van der Waals surface area contributed by atoms with Crippen molar-refractivity contribution in [2.75, 3.05) is 5.32 Å². The summed E-state index contributed by atoms with van der Waals surface area (Å²) >= 11 is 6.94. The van der Waals surface area contributed by atoms with Crippen LogP contribution in [0, 0.1) is 17.6 Å². The van der Waals surface area contributed by atoms with E-state index in [4.69, 9.17) is 11.6 Å². The van der Waals surface area contributed by atoms with Gasteiger partial charge in [0, 0.05) is 24.2 Å². The SMILES string of the molecule is O=C(Nc1ncc(Cl)s1)c1cc(C(=O)C2CC2)cn1Cc1ccc(F)c(F)c1. The minimum atomic E-state index is -0.970. The number of carbonyl (C=O) groups is 2.